The van der Waals surface area contributed by atoms with Crippen molar-refractivity contribution >= 4 is 39.9 Å². The van der Waals surface area contributed by atoms with Crippen molar-refractivity contribution in [3.8, 4) is 11.5 Å². The van der Waals surface area contributed by atoms with Crippen molar-refractivity contribution in [1.29, 1.82) is 0 Å². The minimum Gasteiger partial charge on any atom is -0.497 e. The molecule has 0 radical (unpaired) electrons. The molecule has 0 fully saturated rings. The first-order valence-corrected chi connectivity index (χ1v) is 18.8. The third kappa shape index (κ3) is 6.32. The third-order valence-corrected chi connectivity index (χ3v) is 10.8. The fraction of sp³-hybridized carbons (Fsp3) is 0.0870. The lowest BCUT2D eigenvalue weighted by molar-refractivity contribution is 0.414. The van der Waals surface area contributed by atoms with Crippen LogP contribution in [0.3, 0.4) is 0 Å². The zero-order valence-corrected chi connectivity index (χ0v) is 32.0. The van der Waals surface area contributed by atoms with Gasteiger partial charge in [-0.25, -0.2) is 4.52 Å². The van der Waals surface area contributed by atoms with Gasteiger partial charge in [0.25, 0.3) is 0 Å². The minimum absolute atomic E-state index is 0.437. The zero-order chi connectivity index (χ0) is 37.0. The second-order valence-corrected chi connectivity index (χ2v) is 14.0. The molecule has 0 atom stereocenters. The average Bonchev–Trinajstić information content (AvgIpc) is 3.63. The highest BCUT2D eigenvalue weighted by atomic mass is 127. The SMILES string of the molecule is COc1ccc(C(Nc2nc(NC(c3ccccc3)(c3ccccc3)c3ccc(OC)cc3)c3ccc(I)n3n2)(c2ccccc2)c2ccccc2)cc1. The number of ether oxygens (including phenoxy) is 2. The maximum absolute atomic E-state index is 5.60. The minimum atomic E-state index is -0.885. The molecule has 6 aromatic carbocycles. The first-order chi connectivity index (χ1) is 26.5. The smallest absolute Gasteiger partial charge is 0.244 e. The average molecular weight is 820 g/mol. The number of nitrogens with one attached hydrogen (secondary N) is 2. The number of methoxy groups -OCH3 is 2. The van der Waals surface area contributed by atoms with Crippen LogP contribution in [0, 0.1) is 3.70 Å². The van der Waals surface area contributed by atoms with Gasteiger partial charge in [0, 0.05) is 0 Å². The van der Waals surface area contributed by atoms with Crippen molar-refractivity contribution in [2.75, 3.05) is 24.9 Å². The summed E-state index contributed by atoms with van der Waals surface area (Å²) in [6, 6.07) is 62.4. The Hall–Kier alpha value is -6.13. The molecular formula is C46H38IN5O2. The molecule has 8 heteroatoms. The highest BCUT2D eigenvalue weighted by molar-refractivity contribution is 14.1. The van der Waals surface area contributed by atoms with Crippen LogP contribution in [-0.2, 0) is 11.1 Å². The molecule has 7 nitrogen and oxygen atoms in total. The van der Waals surface area contributed by atoms with Crippen molar-refractivity contribution < 1.29 is 9.47 Å². The van der Waals surface area contributed by atoms with E-state index in [4.69, 9.17) is 19.6 Å². The van der Waals surface area contributed by atoms with Gasteiger partial charge in [-0.1, -0.05) is 146 Å². The molecule has 0 amide bonds. The summed E-state index contributed by atoms with van der Waals surface area (Å²) in [6.07, 6.45) is 0. The highest BCUT2D eigenvalue weighted by Crippen LogP contribution is 2.43. The van der Waals surface area contributed by atoms with Crippen molar-refractivity contribution in [3.05, 3.63) is 219 Å². The summed E-state index contributed by atoms with van der Waals surface area (Å²) in [5.41, 5.74) is 5.28. The summed E-state index contributed by atoms with van der Waals surface area (Å²) >= 11 is 2.34. The molecule has 0 aliphatic carbocycles. The molecule has 0 saturated heterocycles. The quantitative estimate of drug-likeness (QED) is 0.0945. The molecule has 54 heavy (non-hydrogen) atoms. The summed E-state index contributed by atoms with van der Waals surface area (Å²) in [5.74, 6) is 2.65. The number of halogens is 1. The van der Waals surface area contributed by atoms with E-state index >= 15 is 0 Å². The maximum atomic E-state index is 5.60. The molecule has 0 aliphatic heterocycles. The van der Waals surface area contributed by atoms with Gasteiger partial charge in [-0.05, 0) is 92.4 Å². The van der Waals surface area contributed by atoms with Gasteiger partial charge in [-0.3, -0.25) is 0 Å². The topological polar surface area (TPSA) is 72.7 Å². The number of hydrogen-bond donors (Lipinski definition) is 2. The van der Waals surface area contributed by atoms with Gasteiger partial charge in [-0.2, -0.15) is 4.98 Å². The van der Waals surface area contributed by atoms with E-state index in [-0.39, 0.29) is 0 Å². The fourth-order valence-corrected chi connectivity index (χ4v) is 7.87. The molecule has 2 heterocycles. The Bertz CT molecular complexity index is 2380. The largest absolute Gasteiger partial charge is 0.497 e. The summed E-state index contributed by atoms with van der Waals surface area (Å²) in [6.45, 7) is 0. The predicted molar refractivity (Wildman–Crippen MR) is 224 cm³/mol. The van der Waals surface area contributed by atoms with E-state index in [0.717, 1.165) is 54.1 Å². The first-order valence-electron chi connectivity index (χ1n) is 17.7. The van der Waals surface area contributed by atoms with Crippen molar-refractivity contribution in [2.24, 2.45) is 0 Å². The zero-order valence-electron chi connectivity index (χ0n) is 29.9. The van der Waals surface area contributed by atoms with Gasteiger partial charge < -0.3 is 20.1 Å². The van der Waals surface area contributed by atoms with Crippen LogP contribution in [0.15, 0.2) is 182 Å². The Balaban J connectivity index is 1.38. The van der Waals surface area contributed by atoms with E-state index in [1.54, 1.807) is 14.2 Å². The number of fused-ring (bicyclic) bond motifs is 1. The van der Waals surface area contributed by atoms with Crippen molar-refractivity contribution in [3.63, 3.8) is 0 Å². The summed E-state index contributed by atoms with van der Waals surface area (Å²) in [4.78, 5) is 5.40. The van der Waals surface area contributed by atoms with E-state index in [2.05, 4.69) is 167 Å². The fourth-order valence-electron chi connectivity index (χ4n) is 7.32. The number of aromatic nitrogens is 3. The second-order valence-electron chi connectivity index (χ2n) is 12.9. The normalized spacial score (nSPS) is 11.6. The second kappa shape index (κ2) is 15.1. The summed E-state index contributed by atoms with van der Waals surface area (Å²) in [7, 11) is 3.37. The van der Waals surface area contributed by atoms with E-state index in [1.807, 2.05) is 53.0 Å². The van der Waals surface area contributed by atoms with Crippen LogP contribution in [0.4, 0.5) is 11.8 Å². The first kappa shape index (κ1) is 34.9. The lowest BCUT2D eigenvalue weighted by Crippen LogP contribution is -2.40. The molecule has 2 N–H and O–H groups in total. The lowest BCUT2D eigenvalue weighted by atomic mass is 9.77. The van der Waals surface area contributed by atoms with Gasteiger partial charge in [0.05, 0.1) is 14.2 Å². The van der Waals surface area contributed by atoms with E-state index < -0.39 is 11.1 Å². The molecule has 8 aromatic rings. The Kier molecular flexibility index (Phi) is 9.75. The molecule has 0 bridgehead atoms. The molecular weight excluding hydrogens is 781 g/mol. The van der Waals surface area contributed by atoms with Crippen molar-refractivity contribution in [1.82, 2.24) is 14.6 Å². The summed E-state index contributed by atoms with van der Waals surface area (Å²) < 4.78 is 14.1. The van der Waals surface area contributed by atoms with Gasteiger partial charge in [0.1, 0.15) is 31.8 Å². The number of anilines is 2. The van der Waals surface area contributed by atoms with E-state index in [1.165, 1.54) is 0 Å². The Morgan fingerprint density at radius 2 is 0.833 bits per heavy atom. The van der Waals surface area contributed by atoms with Crippen LogP contribution in [-0.4, -0.2) is 28.8 Å². The van der Waals surface area contributed by atoms with Crippen molar-refractivity contribution in [2.45, 2.75) is 11.1 Å². The van der Waals surface area contributed by atoms with Crippen LogP contribution in [0.1, 0.15) is 33.4 Å². The van der Waals surface area contributed by atoms with Crippen LogP contribution in [0.2, 0.25) is 0 Å². The molecule has 0 spiro atoms. The van der Waals surface area contributed by atoms with Crippen LogP contribution in [0.5, 0.6) is 11.5 Å². The standard InChI is InChI=1S/C46H38IN5O2/c1-53-39-27-23-37(24-28-39)45(33-15-7-3-8-16-33,34-17-9-4-10-18-34)49-43-41-31-32-42(47)52(41)51-44(48-43)50-46(35-19-11-5-12-20-35,36-21-13-6-14-22-36)38-25-29-40(54-2)30-26-38/h3-32H,1-2H3,(H2,48,49,50,51). The monoisotopic (exact) mass is 819 g/mol. The Morgan fingerprint density at radius 3 is 1.22 bits per heavy atom. The molecule has 2 aromatic heterocycles. The van der Waals surface area contributed by atoms with Crippen LogP contribution >= 0.6 is 22.6 Å². The Morgan fingerprint density at radius 1 is 0.463 bits per heavy atom. The third-order valence-electron chi connectivity index (χ3n) is 9.94. The van der Waals surface area contributed by atoms with Gasteiger partial charge in [0.15, 0.2) is 5.82 Å². The van der Waals surface area contributed by atoms with E-state index in [9.17, 15) is 0 Å². The maximum Gasteiger partial charge on any atom is 0.244 e. The number of benzene rings is 6. The van der Waals surface area contributed by atoms with Crippen LogP contribution in [0.25, 0.3) is 5.52 Å². The van der Waals surface area contributed by atoms with Gasteiger partial charge in [0.2, 0.25) is 5.95 Å². The van der Waals surface area contributed by atoms with Crippen LogP contribution < -0.4 is 20.1 Å². The number of nitrogens with zero attached hydrogens (tertiary/aromatic N) is 3. The lowest BCUT2D eigenvalue weighted by Gasteiger charge is -2.38. The number of rotatable bonds is 12. The molecule has 0 saturated carbocycles. The summed E-state index contributed by atoms with van der Waals surface area (Å²) in [5, 5.41) is 13.1. The predicted octanol–water partition coefficient (Wildman–Crippen LogP) is 10.2. The Labute approximate surface area is 328 Å². The molecule has 8 rings (SSSR count). The number of hydrogen-bond acceptors (Lipinski definition) is 6. The highest BCUT2D eigenvalue weighted by Gasteiger charge is 2.40. The molecule has 266 valence electrons. The van der Waals surface area contributed by atoms with Gasteiger partial charge in [-0.15, -0.1) is 5.10 Å². The van der Waals surface area contributed by atoms with E-state index in [0.29, 0.717) is 11.8 Å². The van der Waals surface area contributed by atoms with Gasteiger partial charge >= 0.3 is 0 Å². The molecule has 0 aliphatic rings. The molecule has 0 unspecified atom stereocenters.